The number of rotatable bonds is 6. The highest BCUT2D eigenvalue weighted by Gasteiger charge is 2.11. The minimum absolute atomic E-state index is 0.106. The maximum Gasteiger partial charge on any atom is 0.221 e. The van der Waals surface area contributed by atoms with E-state index in [1.54, 1.807) is 12.4 Å². The molecule has 4 heteroatoms. The van der Waals surface area contributed by atoms with Crippen LogP contribution in [0.25, 0.3) is 0 Å². The van der Waals surface area contributed by atoms with Crippen LogP contribution in [0.3, 0.4) is 0 Å². The summed E-state index contributed by atoms with van der Waals surface area (Å²) >= 11 is 0. The van der Waals surface area contributed by atoms with E-state index < -0.39 is 0 Å². The first kappa shape index (κ1) is 15.0. The zero-order chi connectivity index (χ0) is 14.0. The molecule has 2 rings (SSSR count). The van der Waals surface area contributed by atoms with E-state index in [9.17, 15) is 4.79 Å². The lowest BCUT2D eigenvalue weighted by Gasteiger charge is -2.15. The van der Waals surface area contributed by atoms with E-state index in [-0.39, 0.29) is 5.91 Å². The number of nitrogens with zero attached hydrogens (tertiary/aromatic N) is 1. The quantitative estimate of drug-likeness (QED) is 0.784. The van der Waals surface area contributed by atoms with Gasteiger partial charge in [-0.3, -0.25) is 9.78 Å². The molecule has 0 radical (unpaired) electrons. The fourth-order valence-corrected chi connectivity index (χ4v) is 2.67. The maximum absolute atomic E-state index is 11.8. The Morgan fingerprint density at radius 1 is 1.25 bits per heavy atom. The second-order valence-electron chi connectivity index (χ2n) is 5.53. The second kappa shape index (κ2) is 8.69. The molecule has 1 aliphatic rings. The van der Waals surface area contributed by atoms with E-state index in [2.05, 4.69) is 15.6 Å². The molecule has 1 aromatic rings. The van der Waals surface area contributed by atoms with Crippen LogP contribution >= 0.6 is 0 Å². The molecule has 4 nitrogen and oxygen atoms in total. The number of carbonyl (C=O) groups is 1. The van der Waals surface area contributed by atoms with Gasteiger partial charge in [0.25, 0.3) is 0 Å². The highest BCUT2D eigenvalue weighted by Crippen LogP contribution is 2.16. The minimum atomic E-state index is 0.106. The molecule has 0 atom stereocenters. The van der Waals surface area contributed by atoms with Crippen molar-refractivity contribution in [1.82, 2.24) is 15.6 Å². The van der Waals surface area contributed by atoms with Crippen LogP contribution in [0.4, 0.5) is 0 Å². The summed E-state index contributed by atoms with van der Waals surface area (Å²) in [6.45, 7) is 1.35. The Balaban J connectivity index is 1.58. The Labute approximate surface area is 121 Å². The Hall–Kier alpha value is -1.42. The third kappa shape index (κ3) is 5.70. The molecule has 0 spiro atoms. The van der Waals surface area contributed by atoms with Gasteiger partial charge in [0.1, 0.15) is 0 Å². The van der Waals surface area contributed by atoms with Gasteiger partial charge in [-0.25, -0.2) is 0 Å². The molecule has 1 heterocycles. The summed E-state index contributed by atoms with van der Waals surface area (Å²) in [6.07, 6.45) is 12.0. The smallest absolute Gasteiger partial charge is 0.221 e. The molecule has 0 saturated heterocycles. The summed E-state index contributed by atoms with van der Waals surface area (Å²) in [5.41, 5.74) is 1.04. The molecule has 2 N–H and O–H groups in total. The molecule has 1 saturated carbocycles. The molecule has 0 aromatic carbocycles. The SMILES string of the molecule is O=C(CCNC1CCCCCC1)NCc1cccnc1. The third-order valence-electron chi connectivity index (χ3n) is 3.85. The van der Waals surface area contributed by atoms with Crippen LogP contribution in [0.1, 0.15) is 50.5 Å². The molecule has 110 valence electrons. The van der Waals surface area contributed by atoms with Crippen molar-refractivity contribution in [2.24, 2.45) is 0 Å². The van der Waals surface area contributed by atoms with Crippen molar-refractivity contribution in [2.45, 2.75) is 57.5 Å². The summed E-state index contributed by atoms with van der Waals surface area (Å²) < 4.78 is 0. The molecular formula is C16H25N3O. The van der Waals surface area contributed by atoms with E-state index >= 15 is 0 Å². The first-order valence-electron chi connectivity index (χ1n) is 7.73. The zero-order valence-electron chi connectivity index (χ0n) is 12.1. The lowest BCUT2D eigenvalue weighted by molar-refractivity contribution is -0.121. The Morgan fingerprint density at radius 3 is 2.75 bits per heavy atom. The zero-order valence-corrected chi connectivity index (χ0v) is 12.1. The molecule has 1 aliphatic carbocycles. The molecule has 0 unspecified atom stereocenters. The summed E-state index contributed by atoms with van der Waals surface area (Å²) in [5.74, 6) is 0.106. The van der Waals surface area contributed by atoms with Crippen molar-refractivity contribution in [3.63, 3.8) is 0 Å². The lowest BCUT2D eigenvalue weighted by atomic mass is 10.1. The second-order valence-corrected chi connectivity index (χ2v) is 5.53. The standard InChI is InChI=1S/C16H25N3O/c20-16(19-13-14-6-5-10-17-12-14)9-11-18-15-7-3-1-2-4-8-15/h5-6,10,12,15,18H,1-4,7-9,11,13H2,(H,19,20). The monoisotopic (exact) mass is 275 g/mol. The average molecular weight is 275 g/mol. The molecular weight excluding hydrogens is 250 g/mol. The first-order valence-corrected chi connectivity index (χ1v) is 7.73. The third-order valence-corrected chi connectivity index (χ3v) is 3.85. The van der Waals surface area contributed by atoms with Gasteiger partial charge in [0, 0.05) is 37.9 Å². The van der Waals surface area contributed by atoms with E-state index in [4.69, 9.17) is 0 Å². The topological polar surface area (TPSA) is 54.0 Å². The van der Waals surface area contributed by atoms with Gasteiger partial charge in [0.2, 0.25) is 5.91 Å². The predicted molar refractivity (Wildman–Crippen MR) is 80.2 cm³/mol. The minimum Gasteiger partial charge on any atom is -0.352 e. The maximum atomic E-state index is 11.8. The Morgan fingerprint density at radius 2 is 2.05 bits per heavy atom. The van der Waals surface area contributed by atoms with E-state index in [0.717, 1.165) is 12.1 Å². The first-order chi connectivity index (χ1) is 9.84. The summed E-state index contributed by atoms with van der Waals surface area (Å²) in [4.78, 5) is 15.8. The van der Waals surface area contributed by atoms with Crippen LogP contribution in [0, 0.1) is 0 Å². The van der Waals surface area contributed by atoms with Gasteiger partial charge < -0.3 is 10.6 Å². The largest absolute Gasteiger partial charge is 0.352 e. The van der Waals surface area contributed by atoms with Gasteiger partial charge in [-0.15, -0.1) is 0 Å². The lowest BCUT2D eigenvalue weighted by Crippen LogP contribution is -2.33. The number of nitrogens with one attached hydrogen (secondary N) is 2. The average Bonchev–Trinajstić information content (AvgIpc) is 2.75. The van der Waals surface area contributed by atoms with Gasteiger partial charge in [0.15, 0.2) is 0 Å². The molecule has 0 aliphatic heterocycles. The van der Waals surface area contributed by atoms with Crippen LogP contribution in [0.5, 0.6) is 0 Å². The van der Waals surface area contributed by atoms with Crippen molar-refractivity contribution in [1.29, 1.82) is 0 Å². The molecule has 0 bridgehead atoms. The summed E-state index contributed by atoms with van der Waals surface area (Å²) in [5, 5.41) is 6.45. The highest BCUT2D eigenvalue weighted by atomic mass is 16.1. The molecule has 1 amide bonds. The van der Waals surface area contributed by atoms with Gasteiger partial charge in [-0.2, -0.15) is 0 Å². The summed E-state index contributed by atoms with van der Waals surface area (Å²) in [7, 11) is 0. The molecule has 1 aromatic heterocycles. The van der Waals surface area contributed by atoms with Gasteiger partial charge in [-0.1, -0.05) is 31.7 Å². The molecule has 20 heavy (non-hydrogen) atoms. The number of hydrogen-bond donors (Lipinski definition) is 2. The van der Waals surface area contributed by atoms with Gasteiger partial charge in [-0.05, 0) is 24.5 Å². The number of carbonyl (C=O) groups excluding carboxylic acids is 1. The highest BCUT2D eigenvalue weighted by molar-refractivity contribution is 5.76. The van der Waals surface area contributed by atoms with Crippen LogP contribution in [-0.4, -0.2) is 23.5 Å². The summed E-state index contributed by atoms with van der Waals surface area (Å²) in [6, 6.07) is 4.47. The number of amides is 1. The predicted octanol–water partition coefficient (Wildman–Crippen LogP) is 2.40. The van der Waals surface area contributed by atoms with Crippen LogP contribution in [-0.2, 0) is 11.3 Å². The van der Waals surface area contributed by atoms with Crippen molar-refractivity contribution < 1.29 is 4.79 Å². The van der Waals surface area contributed by atoms with Gasteiger partial charge in [0.05, 0.1) is 0 Å². The Bertz CT molecular complexity index is 386. The Kier molecular flexibility index (Phi) is 6.51. The van der Waals surface area contributed by atoms with E-state index in [1.807, 2.05) is 12.1 Å². The normalized spacial score (nSPS) is 16.6. The fraction of sp³-hybridized carbons (Fsp3) is 0.625. The van der Waals surface area contributed by atoms with E-state index in [0.29, 0.717) is 19.0 Å². The molecule has 1 fully saturated rings. The van der Waals surface area contributed by atoms with Crippen molar-refractivity contribution in [3.05, 3.63) is 30.1 Å². The number of aromatic nitrogens is 1. The van der Waals surface area contributed by atoms with E-state index in [1.165, 1.54) is 38.5 Å². The van der Waals surface area contributed by atoms with Gasteiger partial charge >= 0.3 is 0 Å². The van der Waals surface area contributed by atoms with Crippen LogP contribution in [0.2, 0.25) is 0 Å². The van der Waals surface area contributed by atoms with Crippen molar-refractivity contribution in [2.75, 3.05) is 6.54 Å². The van der Waals surface area contributed by atoms with Crippen LogP contribution < -0.4 is 10.6 Å². The van der Waals surface area contributed by atoms with Crippen LogP contribution in [0.15, 0.2) is 24.5 Å². The number of pyridine rings is 1. The fourth-order valence-electron chi connectivity index (χ4n) is 2.67. The van der Waals surface area contributed by atoms with Crippen molar-refractivity contribution >= 4 is 5.91 Å². The number of hydrogen-bond acceptors (Lipinski definition) is 3. The van der Waals surface area contributed by atoms with Crippen molar-refractivity contribution in [3.8, 4) is 0 Å².